The molecule has 0 aliphatic heterocycles. The third kappa shape index (κ3) is 9.38. The predicted octanol–water partition coefficient (Wildman–Crippen LogP) is 6.39. The van der Waals surface area contributed by atoms with Gasteiger partial charge in [0.1, 0.15) is 5.76 Å². The quantitative estimate of drug-likeness (QED) is 0.109. The zero-order valence-corrected chi connectivity index (χ0v) is 22.0. The average Bonchev–Trinajstić information content (AvgIpc) is 2.89. The van der Waals surface area contributed by atoms with Crippen LogP contribution in [-0.2, 0) is 27.5 Å². The Bertz CT molecular complexity index is 1180. The second-order valence-electron chi connectivity index (χ2n) is 8.13. The largest absolute Gasteiger partial charge is 0.507 e. The summed E-state index contributed by atoms with van der Waals surface area (Å²) in [5, 5.41) is 9.79. The van der Waals surface area contributed by atoms with Crippen molar-refractivity contribution in [3.8, 4) is 11.4 Å². The van der Waals surface area contributed by atoms with Gasteiger partial charge in [-0.25, -0.2) is 0 Å². The van der Waals surface area contributed by atoms with Gasteiger partial charge in [-0.1, -0.05) is 92.5 Å². The minimum absolute atomic E-state index is 0. The smallest absolute Gasteiger partial charge is 0.189 e. The van der Waals surface area contributed by atoms with Crippen molar-refractivity contribution >= 4 is 11.5 Å². The number of aryl methyl sites for hydroxylation is 1. The van der Waals surface area contributed by atoms with E-state index in [9.17, 15) is 9.90 Å². The van der Waals surface area contributed by atoms with Gasteiger partial charge in [-0.05, 0) is 24.3 Å². The molecule has 0 saturated heterocycles. The number of carbonyl (C=O) groups excluding carboxylic acids is 1. The molecule has 2 aromatic carbocycles. The molecule has 1 N–H and O–H groups in total. The predicted molar refractivity (Wildman–Crippen MR) is 135 cm³/mol. The number of aromatic nitrogens is 3. The van der Waals surface area contributed by atoms with Gasteiger partial charge in [0.15, 0.2) is 5.78 Å². The number of pyridine rings is 1. The molecule has 0 atom stereocenters. The normalized spacial score (nSPS) is 10.7. The maximum Gasteiger partial charge on any atom is 0.189 e. The Kier molecular flexibility index (Phi) is 11.7. The first-order valence-corrected chi connectivity index (χ1v) is 11.2. The van der Waals surface area contributed by atoms with E-state index in [-0.39, 0.29) is 32.6 Å². The molecular formula is C29H28N3O2Pt-. The summed E-state index contributed by atoms with van der Waals surface area (Å²) in [6, 6.07) is 22.7. The van der Waals surface area contributed by atoms with Crippen molar-refractivity contribution in [1.29, 1.82) is 0 Å². The fraction of sp³-hybridized carbons (Fsp3) is 0.172. The first-order chi connectivity index (χ1) is 16.5. The van der Waals surface area contributed by atoms with E-state index < -0.39 is 0 Å². The Morgan fingerprint density at radius 2 is 1.54 bits per heavy atom. The van der Waals surface area contributed by atoms with E-state index in [1.165, 1.54) is 18.1 Å². The fourth-order valence-electron chi connectivity index (χ4n) is 3.03. The summed E-state index contributed by atoms with van der Waals surface area (Å²) in [6.07, 6.45) is 10.7. The maximum atomic E-state index is 11.8. The molecule has 5 nitrogen and oxygen atoms in total. The van der Waals surface area contributed by atoms with E-state index in [0.717, 1.165) is 12.0 Å². The Morgan fingerprint density at radius 1 is 0.943 bits per heavy atom. The first kappa shape index (κ1) is 27.8. The Hall–Kier alpha value is -3.43. The molecule has 0 unspecified atom stereocenters. The van der Waals surface area contributed by atoms with Crippen LogP contribution in [0.3, 0.4) is 0 Å². The van der Waals surface area contributed by atoms with Crippen LogP contribution in [0.5, 0.6) is 0 Å². The molecule has 0 aliphatic carbocycles. The van der Waals surface area contributed by atoms with E-state index >= 15 is 0 Å². The molecule has 0 amide bonds. The second-order valence-corrected chi connectivity index (χ2v) is 8.13. The van der Waals surface area contributed by atoms with Crippen LogP contribution in [-0.4, -0.2) is 25.8 Å². The van der Waals surface area contributed by atoms with Crippen LogP contribution in [0, 0.1) is 12.0 Å². The number of hydrogen-bond acceptors (Lipinski definition) is 5. The van der Waals surface area contributed by atoms with Crippen molar-refractivity contribution in [3.63, 3.8) is 0 Å². The van der Waals surface area contributed by atoms with E-state index in [0.29, 0.717) is 22.9 Å². The molecular weight excluding hydrogens is 617 g/mol. The third-order valence-electron chi connectivity index (χ3n) is 4.96. The van der Waals surface area contributed by atoms with Gasteiger partial charge >= 0.3 is 0 Å². The van der Waals surface area contributed by atoms with Crippen molar-refractivity contribution in [2.24, 2.45) is 5.92 Å². The molecule has 182 valence electrons. The summed E-state index contributed by atoms with van der Waals surface area (Å²) < 4.78 is 0. The molecule has 4 rings (SSSR count). The topological polar surface area (TPSA) is 76.0 Å². The standard InChI is InChI=1S/C15H12O2.C14H16N3.Pt/c16-14(12-7-3-1-4-8-12)11-15(17)13-9-5-2-6-10-13;1-11(2)5-6-12-8-16-14(17-9-12)13-4-3-7-15-10-13;/h1-11,16H;3,7-11H,5-6H2,1-2H3;/q;-1;/b14-11-;;. The number of hydrogen-bond donors (Lipinski definition) is 1. The van der Waals surface area contributed by atoms with Crippen LogP contribution in [0.4, 0.5) is 0 Å². The van der Waals surface area contributed by atoms with Crippen LogP contribution >= 0.6 is 0 Å². The maximum absolute atomic E-state index is 11.8. The van der Waals surface area contributed by atoms with Gasteiger partial charge < -0.3 is 10.1 Å². The minimum atomic E-state index is -0.202. The van der Waals surface area contributed by atoms with Gasteiger partial charge in [0.25, 0.3) is 0 Å². The number of aliphatic hydroxyl groups excluding tert-OH is 1. The third-order valence-corrected chi connectivity index (χ3v) is 4.96. The van der Waals surface area contributed by atoms with Gasteiger partial charge in [-0.3, -0.25) is 14.8 Å². The molecule has 0 aliphatic rings. The average molecular weight is 646 g/mol. The Labute approximate surface area is 221 Å². The van der Waals surface area contributed by atoms with Gasteiger partial charge in [-0.15, -0.1) is 12.1 Å². The molecule has 35 heavy (non-hydrogen) atoms. The molecule has 6 heteroatoms. The minimum Gasteiger partial charge on any atom is -0.507 e. The summed E-state index contributed by atoms with van der Waals surface area (Å²) in [7, 11) is 0. The van der Waals surface area contributed by atoms with Crippen molar-refractivity contribution in [2.75, 3.05) is 0 Å². The van der Waals surface area contributed by atoms with E-state index in [1.807, 2.05) is 36.7 Å². The molecule has 0 spiro atoms. The van der Waals surface area contributed by atoms with Gasteiger partial charge in [-0.2, -0.15) is 0 Å². The first-order valence-electron chi connectivity index (χ1n) is 11.2. The zero-order chi connectivity index (χ0) is 24.2. The fourth-order valence-corrected chi connectivity index (χ4v) is 3.03. The summed E-state index contributed by atoms with van der Waals surface area (Å²) in [5.41, 5.74) is 3.22. The number of ketones is 1. The van der Waals surface area contributed by atoms with Crippen LogP contribution < -0.4 is 0 Å². The molecule has 4 aromatic rings. The molecule has 0 radical (unpaired) electrons. The van der Waals surface area contributed by atoms with Crippen LogP contribution in [0.2, 0.25) is 0 Å². The number of rotatable bonds is 7. The van der Waals surface area contributed by atoms with Crippen LogP contribution in [0.25, 0.3) is 17.1 Å². The molecule has 0 bridgehead atoms. The van der Waals surface area contributed by atoms with Crippen molar-refractivity contribution in [1.82, 2.24) is 15.0 Å². The number of allylic oxidation sites excluding steroid dienone is 1. The summed E-state index contributed by atoms with van der Waals surface area (Å²) >= 11 is 0. The van der Waals surface area contributed by atoms with E-state index in [1.54, 1.807) is 54.9 Å². The van der Waals surface area contributed by atoms with Crippen molar-refractivity contribution in [2.45, 2.75) is 26.7 Å². The molecule has 2 heterocycles. The van der Waals surface area contributed by atoms with E-state index in [2.05, 4.69) is 34.9 Å². The summed E-state index contributed by atoms with van der Waals surface area (Å²) in [4.78, 5) is 24.5. The van der Waals surface area contributed by atoms with Gasteiger partial charge in [0.2, 0.25) is 0 Å². The van der Waals surface area contributed by atoms with Crippen molar-refractivity contribution in [3.05, 3.63) is 120 Å². The Morgan fingerprint density at radius 3 is 2.09 bits per heavy atom. The molecule has 0 saturated carbocycles. The van der Waals surface area contributed by atoms with Crippen LogP contribution in [0.15, 0.2) is 97.6 Å². The monoisotopic (exact) mass is 645 g/mol. The SMILES string of the molecule is CC(C)CCc1cnc(-c2[c-]ccnc2)nc1.O=C(/C=C(\O)c1ccccc1)c1ccccc1.[Pt]. The van der Waals surface area contributed by atoms with E-state index in [4.69, 9.17) is 0 Å². The number of aliphatic hydroxyl groups is 1. The Balaban J connectivity index is 0.000000240. The number of nitrogens with zero attached hydrogens (tertiary/aromatic N) is 3. The van der Waals surface area contributed by atoms with Gasteiger partial charge in [0, 0.05) is 50.7 Å². The van der Waals surface area contributed by atoms with Crippen molar-refractivity contribution < 1.29 is 31.0 Å². The molecule has 0 fully saturated rings. The van der Waals surface area contributed by atoms with Gasteiger partial charge in [0.05, 0.1) is 5.82 Å². The second kappa shape index (κ2) is 14.7. The zero-order valence-electron chi connectivity index (χ0n) is 19.7. The number of benzene rings is 2. The van der Waals surface area contributed by atoms with Crippen LogP contribution in [0.1, 0.15) is 41.8 Å². The summed E-state index contributed by atoms with van der Waals surface area (Å²) in [6.45, 7) is 4.44. The summed E-state index contributed by atoms with van der Waals surface area (Å²) in [5.74, 6) is 1.18. The molecule has 2 aromatic heterocycles. The number of carbonyl (C=O) groups is 1.